The van der Waals surface area contributed by atoms with E-state index in [9.17, 15) is 4.79 Å². The Morgan fingerprint density at radius 3 is 2.67 bits per heavy atom. The standard InChI is InChI=1S/C14H13N3O/c15-14-12(7-4-10-16-14)17-13(18)9-8-11-5-2-1-3-6-11/h1-10H,(H2,15,16)(H,17,18)/b9-8+. The third kappa shape index (κ3) is 3.18. The molecule has 90 valence electrons. The molecule has 2 rings (SSSR count). The molecule has 0 saturated heterocycles. The molecule has 1 aromatic carbocycles. The van der Waals surface area contributed by atoms with Crippen molar-refractivity contribution >= 4 is 23.5 Å². The zero-order valence-electron chi connectivity index (χ0n) is 9.71. The van der Waals surface area contributed by atoms with Crippen molar-refractivity contribution in [3.63, 3.8) is 0 Å². The number of nitrogen functional groups attached to an aromatic ring is 1. The highest BCUT2D eigenvalue weighted by molar-refractivity contribution is 6.03. The number of nitrogens with two attached hydrogens (primary N) is 1. The molecule has 18 heavy (non-hydrogen) atoms. The predicted octanol–water partition coefficient (Wildman–Crippen LogP) is 2.32. The van der Waals surface area contributed by atoms with Crippen LogP contribution in [0.15, 0.2) is 54.7 Å². The summed E-state index contributed by atoms with van der Waals surface area (Å²) in [6.45, 7) is 0. The molecule has 4 nitrogen and oxygen atoms in total. The molecule has 0 bridgehead atoms. The van der Waals surface area contributed by atoms with Gasteiger partial charge in [0.1, 0.15) is 5.82 Å². The zero-order chi connectivity index (χ0) is 12.8. The lowest BCUT2D eigenvalue weighted by Crippen LogP contribution is -2.10. The number of hydrogen-bond donors (Lipinski definition) is 2. The summed E-state index contributed by atoms with van der Waals surface area (Å²) in [5.41, 5.74) is 7.10. The fourth-order valence-corrected chi connectivity index (χ4v) is 1.43. The SMILES string of the molecule is Nc1ncccc1NC(=O)/C=C/c1ccccc1. The van der Waals surface area contributed by atoms with Crippen LogP contribution in [0.3, 0.4) is 0 Å². The van der Waals surface area contributed by atoms with Crippen LogP contribution in [0.5, 0.6) is 0 Å². The monoisotopic (exact) mass is 239 g/mol. The number of carbonyl (C=O) groups excluding carboxylic acids is 1. The number of hydrogen-bond acceptors (Lipinski definition) is 3. The Morgan fingerprint density at radius 2 is 1.94 bits per heavy atom. The summed E-state index contributed by atoms with van der Waals surface area (Å²) < 4.78 is 0. The second-order valence-corrected chi connectivity index (χ2v) is 3.67. The second kappa shape index (κ2) is 5.63. The normalized spacial score (nSPS) is 10.4. The number of nitrogens with one attached hydrogen (secondary N) is 1. The van der Waals surface area contributed by atoms with Crippen LogP contribution in [-0.2, 0) is 4.79 Å². The van der Waals surface area contributed by atoms with Gasteiger partial charge in [0.15, 0.2) is 0 Å². The molecule has 1 aromatic heterocycles. The molecule has 0 saturated carbocycles. The molecule has 0 unspecified atom stereocenters. The molecular formula is C14H13N3O. The predicted molar refractivity (Wildman–Crippen MR) is 72.8 cm³/mol. The fraction of sp³-hybridized carbons (Fsp3) is 0. The number of benzene rings is 1. The highest BCUT2D eigenvalue weighted by Crippen LogP contribution is 2.13. The number of nitrogens with zero attached hydrogens (tertiary/aromatic N) is 1. The van der Waals surface area contributed by atoms with Crippen molar-refractivity contribution in [3.8, 4) is 0 Å². The van der Waals surface area contributed by atoms with Gasteiger partial charge in [0.2, 0.25) is 5.91 Å². The number of amides is 1. The number of carbonyl (C=O) groups is 1. The Morgan fingerprint density at radius 1 is 1.17 bits per heavy atom. The zero-order valence-corrected chi connectivity index (χ0v) is 9.71. The van der Waals surface area contributed by atoms with Gasteiger partial charge in [-0.2, -0.15) is 0 Å². The maximum absolute atomic E-state index is 11.7. The summed E-state index contributed by atoms with van der Waals surface area (Å²) in [6, 6.07) is 13.0. The van der Waals surface area contributed by atoms with E-state index in [2.05, 4.69) is 10.3 Å². The van der Waals surface area contributed by atoms with Crippen molar-refractivity contribution < 1.29 is 4.79 Å². The number of pyridine rings is 1. The van der Waals surface area contributed by atoms with Crippen LogP contribution in [0.25, 0.3) is 6.08 Å². The van der Waals surface area contributed by atoms with Gasteiger partial charge < -0.3 is 11.1 Å². The van der Waals surface area contributed by atoms with E-state index in [4.69, 9.17) is 5.73 Å². The average molecular weight is 239 g/mol. The first-order valence-corrected chi connectivity index (χ1v) is 5.50. The van der Waals surface area contributed by atoms with Crippen LogP contribution in [0.1, 0.15) is 5.56 Å². The molecule has 0 spiro atoms. The van der Waals surface area contributed by atoms with Crippen molar-refractivity contribution in [1.82, 2.24) is 4.98 Å². The summed E-state index contributed by atoms with van der Waals surface area (Å²) >= 11 is 0. The van der Waals surface area contributed by atoms with Crippen molar-refractivity contribution in [2.75, 3.05) is 11.1 Å². The largest absolute Gasteiger partial charge is 0.382 e. The van der Waals surface area contributed by atoms with Crippen LogP contribution in [0.4, 0.5) is 11.5 Å². The van der Waals surface area contributed by atoms with E-state index in [1.54, 1.807) is 24.4 Å². The van der Waals surface area contributed by atoms with Crippen molar-refractivity contribution in [3.05, 3.63) is 60.3 Å². The van der Waals surface area contributed by atoms with Crippen molar-refractivity contribution in [2.24, 2.45) is 0 Å². The molecule has 0 aliphatic carbocycles. The smallest absolute Gasteiger partial charge is 0.248 e. The number of aromatic nitrogens is 1. The molecular weight excluding hydrogens is 226 g/mol. The Hall–Kier alpha value is -2.62. The van der Waals surface area contributed by atoms with Gasteiger partial charge in [0, 0.05) is 12.3 Å². The fourth-order valence-electron chi connectivity index (χ4n) is 1.43. The minimum atomic E-state index is -0.237. The lowest BCUT2D eigenvalue weighted by atomic mass is 10.2. The minimum Gasteiger partial charge on any atom is -0.382 e. The van der Waals surface area contributed by atoms with E-state index >= 15 is 0 Å². The molecule has 3 N–H and O–H groups in total. The molecule has 2 aromatic rings. The van der Waals surface area contributed by atoms with Crippen LogP contribution in [0.2, 0.25) is 0 Å². The Kier molecular flexibility index (Phi) is 3.71. The van der Waals surface area contributed by atoms with E-state index in [0.29, 0.717) is 11.5 Å². The quantitative estimate of drug-likeness (QED) is 0.808. The molecule has 0 aliphatic heterocycles. The van der Waals surface area contributed by atoms with Crippen LogP contribution >= 0.6 is 0 Å². The summed E-state index contributed by atoms with van der Waals surface area (Å²) in [4.78, 5) is 15.5. The van der Waals surface area contributed by atoms with E-state index < -0.39 is 0 Å². The summed E-state index contributed by atoms with van der Waals surface area (Å²) in [5, 5.41) is 2.67. The van der Waals surface area contributed by atoms with E-state index in [1.807, 2.05) is 30.3 Å². The summed E-state index contributed by atoms with van der Waals surface area (Å²) in [7, 11) is 0. The molecule has 4 heteroatoms. The van der Waals surface area contributed by atoms with Crippen molar-refractivity contribution in [1.29, 1.82) is 0 Å². The van der Waals surface area contributed by atoms with Gasteiger partial charge in [0.05, 0.1) is 5.69 Å². The Labute approximate surface area is 105 Å². The van der Waals surface area contributed by atoms with E-state index in [-0.39, 0.29) is 5.91 Å². The molecule has 0 radical (unpaired) electrons. The van der Waals surface area contributed by atoms with Crippen LogP contribution in [-0.4, -0.2) is 10.9 Å². The number of anilines is 2. The van der Waals surface area contributed by atoms with Gasteiger partial charge in [-0.05, 0) is 23.8 Å². The number of rotatable bonds is 3. The summed E-state index contributed by atoms with van der Waals surface area (Å²) in [6.07, 6.45) is 4.77. The van der Waals surface area contributed by atoms with Crippen LogP contribution < -0.4 is 11.1 Å². The van der Waals surface area contributed by atoms with Crippen molar-refractivity contribution in [2.45, 2.75) is 0 Å². The first-order valence-electron chi connectivity index (χ1n) is 5.50. The van der Waals surface area contributed by atoms with E-state index in [0.717, 1.165) is 5.56 Å². The van der Waals surface area contributed by atoms with Gasteiger partial charge >= 0.3 is 0 Å². The minimum absolute atomic E-state index is 0.237. The van der Waals surface area contributed by atoms with Gasteiger partial charge in [-0.1, -0.05) is 30.3 Å². The topological polar surface area (TPSA) is 68.0 Å². The molecule has 1 amide bonds. The maximum atomic E-state index is 11.7. The first kappa shape index (κ1) is 11.9. The third-order valence-electron chi connectivity index (χ3n) is 2.32. The van der Waals surface area contributed by atoms with Gasteiger partial charge in [0.25, 0.3) is 0 Å². The second-order valence-electron chi connectivity index (χ2n) is 3.67. The molecule has 1 heterocycles. The molecule has 0 aliphatic rings. The lowest BCUT2D eigenvalue weighted by Gasteiger charge is -2.03. The Bertz CT molecular complexity index is 564. The summed E-state index contributed by atoms with van der Waals surface area (Å²) in [5.74, 6) is 0.0671. The highest BCUT2D eigenvalue weighted by atomic mass is 16.1. The van der Waals surface area contributed by atoms with Gasteiger partial charge in [-0.25, -0.2) is 4.98 Å². The third-order valence-corrected chi connectivity index (χ3v) is 2.32. The van der Waals surface area contributed by atoms with E-state index in [1.165, 1.54) is 6.08 Å². The van der Waals surface area contributed by atoms with Gasteiger partial charge in [-0.3, -0.25) is 4.79 Å². The highest BCUT2D eigenvalue weighted by Gasteiger charge is 2.01. The lowest BCUT2D eigenvalue weighted by molar-refractivity contribution is -0.111. The van der Waals surface area contributed by atoms with Gasteiger partial charge in [-0.15, -0.1) is 0 Å². The molecule has 0 fully saturated rings. The molecule has 0 atom stereocenters. The first-order chi connectivity index (χ1) is 8.75. The maximum Gasteiger partial charge on any atom is 0.248 e. The Balaban J connectivity index is 2.02. The average Bonchev–Trinajstić information content (AvgIpc) is 2.40. The van der Waals surface area contributed by atoms with Crippen LogP contribution in [0, 0.1) is 0 Å².